The molecular weight excluding hydrogens is 516 g/mol. The minimum absolute atomic E-state index is 0.141. The summed E-state index contributed by atoms with van der Waals surface area (Å²) in [5.41, 5.74) is 2.89. The van der Waals surface area contributed by atoms with Gasteiger partial charge in [0.25, 0.3) is 21.6 Å². The van der Waals surface area contributed by atoms with Crippen molar-refractivity contribution in [2.24, 2.45) is 5.10 Å². The van der Waals surface area contributed by atoms with Crippen molar-refractivity contribution in [3.05, 3.63) is 81.9 Å². The molecule has 1 N–H and O–H groups in total. The van der Waals surface area contributed by atoms with Gasteiger partial charge in [-0.1, -0.05) is 12.1 Å². The number of nitrogens with zero attached hydrogens (tertiary/aromatic N) is 3. The van der Waals surface area contributed by atoms with Crippen molar-refractivity contribution in [2.75, 3.05) is 32.2 Å². The molecule has 0 heterocycles. The molecular formula is C25H26N4O8S. The van der Waals surface area contributed by atoms with Gasteiger partial charge in [-0.25, -0.2) is 13.8 Å². The third-order valence-corrected chi connectivity index (χ3v) is 7.21. The fourth-order valence-electron chi connectivity index (χ4n) is 3.49. The highest BCUT2D eigenvalue weighted by atomic mass is 32.2. The highest BCUT2D eigenvalue weighted by molar-refractivity contribution is 7.92. The number of hydrogen-bond acceptors (Lipinski definition) is 9. The van der Waals surface area contributed by atoms with Gasteiger partial charge in [-0.15, -0.1) is 0 Å². The fourth-order valence-corrected chi connectivity index (χ4v) is 4.93. The predicted molar refractivity (Wildman–Crippen MR) is 141 cm³/mol. The van der Waals surface area contributed by atoms with Gasteiger partial charge >= 0.3 is 0 Å². The second kappa shape index (κ2) is 12.1. The van der Waals surface area contributed by atoms with Crippen LogP contribution in [0.3, 0.4) is 0 Å². The van der Waals surface area contributed by atoms with Crippen LogP contribution in [0, 0.1) is 17.0 Å². The molecule has 0 aliphatic rings. The van der Waals surface area contributed by atoms with Crippen LogP contribution < -0.4 is 23.9 Å². The van der Waals surface area contributed by atoms with Crippen LogP contribution in [0.25, 0.3) is 0 Å². The number of nitro benzene ring substituents is 1. The minimum Gasteiger partial charge on any atom is -0.497 e. The normalized spacial score (nSPS) is 11.2. The Hall–Kier alpha value is -4.65. The highest BCUT2D eigenvalue weighted by Crippen LogP contribution is 2.30. The monoisotopic (exact) mass is 542 g/mol. The summed E-state index contributed by atoms with van der Waals surface area (Å²) in [6, 6.07) is 14.6. The van der Waals surface area contributed by atoms with Gasteiger partial charge in [0.15, 0.2) is 11.5 Å². The summed E-state index contributed by atoms with van der Waals surface area (Å²) in [5.74, 6) is 0.575. The van der Waals surface area contributed by atoms with Gasteiger partial charge < -0.3 is 14.2 Å². The van der Waals surface area contributed by atoms with Crippen LogP contribution >= 0.6 is 0 Å². The summed E-state index contributed by atoms with van der Waals surface area (Å²) in [4.78, 5) is 23.2. The SMILES string of the molecule is COc1ccc(N(CC(=O)N/N=C\c2cccc(OC)c2OC)S(=O)(=O)c2ccc(C)c([N+](=O)[O-])c2)cc1. The van der Waals surface area contributed by atoms with E-state index in [0.29, 0.717) is 28.4 Å². The molecule has 0 bridgehead atoms. The van der Waals surface area contributed by atoms with Gasteiger partial charge in [-0.05, 0) is 49.4 Å². The number of methoxy groups -OCH3 is 3. The van der Waals surface area contributed by atoms with Crippen molar-refractivity contribution in [3.8, 4) is 17.2 Å². The molecule has 3 aromatic carbocycles. The Bertz CT molecular complexity index is 1460. The Morgan fingerprint density at radius 2 is 1.76 bits per heavy atom. The Kier molecular flexibility index (Phi) is 8.86. The molecule has 0 saturated heterocycles. The van der Waals surface area contributed by atoms with Crippen LogP contribution in [0.2, 0.25) is 0 Å². The van der Waals surface area contributed by atoms with E-state index in [2.05, 4.69) is 10.5 Å². The number of nitro groups is 1. The number of ether oxygens (including phenoxy) is 3. The number of carbonyl (C=O) groups is 1. The molecule has 0 aromatic heterocycles. The van der Waals surface area contributed by atoms with Crippen LogP contribution in [0.5, 0.6) is 17.2 Å². The molecule has 0 spiro atoms. The molecule has 0 unspecified atom stereocenters. The van der Waals surface area contributed by atoms with Crippen molar-refractivity contribution in [3.63, 3.8) is 0 Å². The maximum atomic E-state index is 13.6. The number of nitrogens with one attached hydrogen (secondary N) is 1. The second-order valence-electron chi connectivity index (χ2n) is 7.79. The molecule has 38 heavy (non-hydrogen) atoms. The van der Waals surface area contributed by atoms with Crippen LogP contribution in [0.15, 0.2) is 70.7 Å². The van der Waals surface area contributed by atoms with Gasteiger partial charge in [0.2, 0.25) is 0 Å². The van der Waals surface area contributed by atoms with Crippen molar-refractivity contribution < 1.29 is 32.3 Å². The molecule has 13 heteroatoms. The summed E-state index contributed by atoms with van der Waals surface area (Å²) < 4.78 is 43.7. The van der Waals surface area contributed by atoms with E-state index in [4.69, 9.17) is 14.2 Å². The van der Waals surface area contributed by atoms with Crippen LogP contribution in [-0.2, 0) is 14.8 Å². The largest absolute Gasteiger partial charge is 0.497 e. The number of rotatable bonds is 11. The van der Waals surface area contributed by atoms with E-state index in [1.165, 1.54) is 70.9 Å². The number of amides is 1. The second-order valence-corrected chi connectivity index (χ2v) is 9.65. The molecule has 200 valence electrons. The minimum atomic E-state index is -4.40. The summed E-state index contributed by atoms with van der Waals surface area (Å²) >= 11 is 0. The number of benzene rings is 3. The van der Waals surface area contributed by atoms with Crippen molar-refractivity contribution >= 4 is 33.5 Å². The van der Waals surface area contributed by atoms with Gasteiger partial charge in [-0.2, -0.15) is 5.10 Å². The van der Waals surface area contributed by atoms with E-state index in [0.717, 1.165) is 10.4 Å². The Morgan fingerprint density at radius 3 is 2.37 bits per heavy atom. The van der Waals surface area contributed by atoms with Gasteiger partial charge in [0, 0.05) is 17.2 Å². The first-order valence-electron chi connectivity index (χ1n) is 11.1. The standard InChI is InChI=1S/C25H26N4O8S/c1-17-8-13-21(14-22(17)29(31)32)38(33,34)28(19-9-11-20(35-2)12-10-19)16-24(30)27-26-15-18-6-5-7-23(36-3)25(18)37-4/h5-15H,16H2,1-4H3,(H,27,30)/b26-15-. The predicted octanol–water partition coefficient (Wildman–Crippen LogP) is 3.27. The van der Waals surface area contributed by atoms with Crippen LogP contribution in [-0.4, -0.2) is 53.3 Å². The Labute approximate surface area is 219 Å². The molecule has 1 amide bonds. The fraction of sp³-hybridized carbons (Fsp3) is 0.200. The lowest BCUT2D eigenvalue weighted by Gasteiger charge is -2.24. The first-order chi connectivity index (χ1) is 18.1. The zero-order valence-electron chi connectivity index (χ0n) is 21.1. The smallest absolute Gasteiger partial charge is 0.273 e. The van der Waals surface area contributed by atoms with E-state index in [9.17, 15) is 23.3 Å². The lowest BCUT2D eigenvalue weighted by Crippen LogP contribution is -2.39. The maximum absolute atomic E-state index is 13.6. The highest BCUT2D eigenvalue weighted by Gasteiger charge is 2.29. The molecule has 0 aliphatic heterocycles. The van der Waals surface area contributed by atoms with E-state index in [1.54, 1.807) is 18.2 Å². The van der Waals surface area contributed by atoms with Crippen LogP contribution in [0.1, 0.15) is 11.1 Å². The molecule has 3 rings (SSSR count). The molecule has 0 radical (unpaired) electrons. The summed E-state index contributed by atoms with van der Waals surface area (Å²) in [7, 11) is -0.000860. The van der Waals surface area contributed by atoms with Crippen molar-refractivity contribution in [1.82, 2.24) is 5.43 Å². The summed E-state index contributed by atoms with van der Waals surface area (Å²) in [5, 5.41) is 15.3. The quantitative estimate of drug-likeness (QED) is 0.220. The average Bonchev–Trinajstić information content (AvgIpc) is 2.91. The zero-order chi connectivity index (χ0) is 27.9. The number of carbonyl (C=O) groups excluding carboxylic acids is 1. The van der Waals surface area contributed by atoms with Gasteiger partial charge in [0.05, 0.1) is 43.1 Å². The number of hydrazone groups is 1. The topological polar surface area (TPSA) is 150 Å². The molecule has 12 nitrogen and oxygen atoms in total. The average molecular weight is 543 g/mol. The summed E-state index contributed by atoms with van der Waals surface area (Å²) in [6.45, 7) is 0.835. The van der Waals surface area contributed by atoms with Crippen LogP contribution in [0.4, 0.5) is 11.4 Å². The Morgan fingerprint density at radius 1 is 1.05 bits per heavy atom. The number of aryl methyl sites for hydroxylation is 1. The molecule has 0 atom stereocenters. The number of hydrogen-bond donors (Lipinski definition) is 1. The summed E-state index contributed by atoms with van der Waals surface area (Å²) in [6.07, 6.45) is 1.33. The first kappa shape index (κ1) is 27.9. The van der Waals surface area contributed by atoms with Gasteiger partial charge in [0.1, 0.15) is 12.3 Å². The van der Waals surface area contributed by atoms with Crippen molar-refractivity contribution in [1.29, 1.82) is 0 Å². The lowest BCUT2D eigenvalue weighted by atomic mass is 10.2. The number of sulfonamides is 1. The number of para-hydroxylation sites is 1. The zero-order valence-corrected chi connectivity index (χ0v) is 21.9. The van der Waals surface area contributed by atoms with E-state index in [1.807, 2.05) is 0 Å². The van der Waals surface area contributed by atoms with E-state index >= 15 is 0 Å². The molecule has 0 fully saturated rings. The third kappa shape index (κ3) is 6.18. The van der Waals surface area contributed by atoms with Crippen molar-refractivity contribution in [2.45, 2.75) is 11.8 Å². The molecule has 0 aliphatic carbocycles. The van der Waals surface area contributed by atoms with E-state index in [-0.39, 0.29) is 16.3 Å². The lowest BCUT2D eigenvalue weighted by molar-refractivity contribution is -0.385. The maximum Gasteiger partial charge on any atom is 0.273 e. The Balaban J connectivity index is 1.92. The van der Waals surface area contributed by atoms with E-state index < -0.39 is 27.4 Å². The third-order valence-electron chi connectivity index (χ3n) is 5.44. The number of anilines is 1. The molecule has 0 saturated carbocycles. The first-order valence-corrected chi connectivity index (χ1v) is 12.5. The molecule has 3 aromatic rings. The van der Waals surface area contributed by atoms with Gasteiger partial charge in [-0.3, -0.25) is 19.2 Å².